The first kappa shape index (κ1) is 23.9. The van der Waals surface area contributed by atoms with E-state index < -0.39 is 10.0 Å². The number of nitrogens with zero attached hydrogens (tertiary/aromatic N) is 3. The molecule has 4 rings (SSSR count). The molecule has 1 amide bonds. The largest absolute Gasteiger partial charge is 0.481 e. The molecule has 0 spiro atoms. The van der Waals surface area contributed by atoms with Gasteiger partial charge in [0.25, 0.3) is 0 Å². The average Bonchev–Trinajstić information content (AvgIpc) is 3.21. The highest BCUT2D eigenvalue weighted by molar-refractivity contribution is 7.89. The number of sulfonamides is 1. The van der Waals surface area contributed by atoms with Crippen molar-refractivity contribution in [3.8, 4) is 11.9 Å². The van der Waals surface area contributed by atoms with Crippen LogP contribution < -0.4 is 19.5 Å². The van der Waals surface area contributed by atoms with E-state index in [2.05, 4.69) is 9.97 Å². The van der Waals surface area contributed by atoms with Crippen molar-refractivity contribution in [2.45, 2.75) is 23.7 Å². The van der Waals surface area contributed by atoms with Gasteiger partial charge in [-0.1, -0.05) is 23.7 Å². The predicted molar refractivity (Wildman–Crippen MR) is 127 cm³/mol. The molecule has 0 aliphatic carbocycles. The summed E-state index contributed by atoms with van der Waals surface area (Å²) in [6, 6.07) is 13.6. The molecule has 1 atom stereocenters. The number of anilines is 1. The normalized spacial score (nSPS) is 16.1. The average molecular weight is 503 g/mol. The number of hydrogen-bond acceptors (Lipinski definition) is 7. The molecule has 34 heavy (non-hydrogen) atoms. The molecule has 0 bridgehead atoms. The first-order valence-corrected chi connectivity index (χ1v) is 12.3. The molecule has 0 saturated carbocycles. The first-order chi connectivity index (χ1) is 16.2. The molecule has 0 radical (unpaired) electrons. The molecule has 0 unspecified atom stereocenters. The van der Waals surface area contributed by atoms with E-state index in [1.807, 2.05) is 18.2 Å². The van der Waals surface area contributed by atoms with E-state index in [1.54, 1.807) is 23.1 Å². The van der Waals surface area contributed by atoms with Crippen LogP contribution in [-0.2, 0) is 21.2 Å². The number of methoxy groups -OCH3 is 2. The van der Waals surface area contributed by atoms with Crippen molar-refractivity contribution in [2.75, 3.05) is 25.7 Å². The smallest absolute Gasteiger partial charge is 0.319 e. The second-order valence-corrected chi connectivity index (χ2v) is 9.83. The maximum absolute atomic E-state index is 12.7. The molecular formula is C23H23ClN4O5S. The van der Waals surface area contributed by atoms with E-state index in [4.69, 9.17) is 26.2 Å². The van der Waals surface area contributed by atoms with Crippen molar-refractivity contribution in [1.29, 1.82) is 0 Å². The Balaban J connectivity index is 1.56. The molecular weight excluding hydrogens is 480 g/mol. The number of hydrogen-bond donors (Lipinski definition) is 1. The van der Waals surface area contributed by atoms with Crippen LogP contribution in [0.4, 0.5) is 5.69 Å². The van der Waals surface area contributed by atoms with E-state index in [0.29, 0.717) is 41.7 Å². The van der Waals surface area contributed by atoms with Crippen LogP contribution in [0.5, 0.6) is 11.9 Å². The van der Waals surface area contributed by atoms with Crippen molar-refractivity contribution in [3.05, 3.63) is 70.4 Å². The molecule has 178 valence electrons. The minimum Gasteiger partial charge on any atom is -0.481 e. The van der Waals surface area contributed by atoms with Gasteiger partial charge in [-0.3, -0.25) is 4.79 Å². The van der Waals surface area contributed by atoms with Gasteiger partial charge in [-0.25, -0.2) is 13.6 Å². The molecule has 9 nitrogen and oxygen atoms in total. The minimum atomic E-state index is -3.79. The fourth-order valence-corrected chi connectivity index (χ4v) is 4.61. The van der Waals surface area contributed by atoms with Crippen molar-refractivity contribution in [2.24, 2.45) is 5.14 Å². The lowest BCUT2D eigenvalue weighted by atomic mass is 9.95. The van der Waals surface area contributed by atoms with Gasteiger partial charge in [0, 0.05) is 42.1 Å². The van der Waals surface area contributed by atoms with Gasteiger partial charge in [0.1, 0.15) is 0 Å². The highest BCUT2D eigenvalue weighted by Gasteiger charge is 2.32. The summed E-state index contributed by atoms with van der Waals surface area (Å²) in [5.74, 6) is 0.297. The van der Waals surface area contributed by atoms with Crippen LogP contribution in [0.25, 0.3) is 0 Å². The third-order valence-electron chi connectivity index (χ3n) is 5.64. The zero-order valence-corrected chi connectivity index (χ0v) is 20.1. The van der Waals surface area contributed by atoms with E-state index in [1.165, 1.54) is 26.4 Å². The topological polar surface area (TPSA) is 125 Å². The molecule has 2 heterocycles. The Bertz CT molecular complexity index is 1310. The Hall–Kier alpha value is -3.21. The van der Waals surface area contributed by atoms with Crippen LogP contribution in [0.3, 0.4) is 0 Å². The van der Waals surface area contributed by atoms with Gasteiger partial charge < -0.3 is 14.4 Å². The van der Waals surface area contributed by atoms with Gasteiger partial charge in [-0.2, -0.15) is 9.97 Å². The van der Waals surface area contributed by atoms with Gasteiger partial charge in [0.05, 0.1) is 24.8 Å². The zero-order valence-electron chi connectivity index (χ0n) is 18.6. The van der Waals surface area contributed by atoms with Crippen molar-refractivity contribution < 1.29 is 22.7 Å². The molecule has 1 saturated heterocycles. The lowest BCUT2D eigenvalue weighted by Crippen LogP contribution is -2.24. The summed E-state index contributed by atoms with van der Waals surface area (Å²) < 4.78 is 33.3. The summed E-state index contributed by atoms with van der Waals surface area (Å²) in [5.41, 5.74) is 3.13. The maximum Gasteiger partial charge on any atom is 0.319 e. The lowest BCUT2D eigenvalue weighted by molar-refractivity contribution is -0.117. The number of ether oxygens (including phenoxy) is 2. The Labute approximate surface area is 202 Å². The molecule has 2 aromatic carbocycles. The predicted octanol–water partition coefficient (Wildman–Crippen LogP) is 2.91. The lowest BCUT2D eigenvalue weighted by Gasteiger charge is -2.18. The Morgan fingerprint density at radius 1 is 1.09 bits per heavy atom. The van der Waals surface area contributed by atoms with Gasteiger partial charge in [-0.15, -0.1) is 0 Å². The second kappa shape index (κ2) is 9.57. The SMILES string of the molecule is COc1cc(Cc2cc([C@H]3CC(=O)N(c4ccc(S(N)(=O)=O)cc4)C3)ccc2Cl)nc(OC)n1. The fraction of sp³-hybridized carbons (Fsp3) is 0.261. The molecule has 1 aromatic heterocycles. The summed E-state index contributed by atoms with van der Waals surface area (Å²) in [6.45, 7) is 0.462. The van der Waals surface area contributed by atoms with Crippen LogP contribution in [0.2, 0.25) is 5.02 Å². The number of primary sulfonamides is 1. The van der Waals surface area contributed by atoms with Gasteiger partial charge in [0.2, 0.25) is 21.8 Å². The second-order valence-electron chi connectivity index (χ2n) is 7.86. The molecule has 2 N–H and O–H groups in total. The Morgan fingerprint density at radius 2 is 1.82 bits per heavy atom. The number of benzene rings is 2. The number of rotatable bonds is 7. The quantitative estimate of drug-likeness (QED) is 0.526. The first-order valence-electron chi connectivity index (χ1n) is 10.4. The molecule has 1 aliphatic rings. The summed E-state index contributed by atoms with van der Waals surface area (Å²) in [6.07, 6.45) is 0.758. The Kier molecular flexibility index (Phi) is 6.74. The van der Waals surface area contributed by atoms with Crippen LogP contribution in [0, 0.1) is 0 Å². The zero-order chi connectivity index (χ0) is 24.5. The summed E-state index contributed by atoms with van der Waals surface area (Å²) in [7, 11) is -0.793. The number of halogens is 1. The monoisotopic (exact) mass is 502 g/mol. The highest BCUT2D eigenvalue weighted by atomic mass is 35.5. The third kappa shape index (κ3) is 5.14. The van der Waals surface area contributed by atoms with E-state index in [9.17, 15) is 13.2 Å². The fourth-order valence-electron chi connectivity index (χ4n) is 3.91. The summed E-state index contributed by atoms with van der Waals surface area (Å²) in [4.78, 5) is 22.9. The van der Waals surface area contributed by atoms with Gasteiger partial charge >= 0.3 is 6.01 Å². The van der Waals surface area contributed by atoms with Crippen molar-refractivity contribution >= 4 is 33.2 Å². The summed E-state index contributed by atoms with van der Waals surface area (Å²) >= 11 is 6.46. The minimum absolute atomic E-state index is 0.000212. The van der Waals surface area contributed by atoms with Crippen LogP contribution in [-0.4, -0.2) is 45.1 Å². The van der Waals surface area contributed by atoms with Gasteiger partial charge in [-0.05, 0) is 41.5 Å². The number of amides is 1. The molecule has 1 fully saturated rings. The summed E-state index contributed by atoms with van der Waals surface area (Å²) in [5, 5.41) is 5.74. The maximum atomic E-state index is 12.7. The van der Waals surface area contributed by atoms with Crippen LogP contribution in [0.15, 0.2) is 53.4 Å². The van der Waals surface area contributed by atoms with Crippen LogP contribution >= 0.6 is 11.6 Å². The van der Waals surface area contributed by atoms with E-state index in [0.717, 1.165) is 11.1 Å². The van der Waals surface area contributed by atoms with Gasteiger partial charge in [0.15, 0.2) is 0 Å². The number of nitrogens with two attached hydrogens (primary N) is 1. The number of carbonyl (C=O) groups is 1. The standard InChI is InChI=1S/C23H23ClN4O5S/c1-32-21-12-17(26-23(27-21)33-2)10-15-9-14(3-8-20(15)24)16-11-22(29)28(13-16)18-4-6-19(7-5-18)34(25,30)31/h3-9,12,16H,10-11,13H2,1-2H3,(H2,25,30,31)/t16-/m0/s1. The van der Waals surface area contributed by atoms with Crippen molar-refractivity contribution in [3.63, 3.8) is 0 Å². The number of aromatic nitrogens is 2. The molecule has 1 aliphatic heterocycles. The molecule has 11 heteroatoms. The highest BCUT2D eigenvalue weighted by Crippen LogP contribution is 2.34. The van der Waals surface area contributed by atoms with Crippen molar-refractivity contribution in [1.82, 2.24) is 9.97 Å². The third-order valence-corrected chi connectivity index (χ3v) is 6.94. The van der Waals surface area contributed by atoms with E-state index in [-0.39, 0.29) is 22.7 Å². The van der Waals surface area contributed by atoms with E-state index >= 15 is 0 Å². The number of carbonyl (C=O) groups excluding carboxylic acids is 1. The Morgan fingerprint density at radius 3 is 2.47 bits per heavy atom. The molecule has 3 aromatic rings. The van der Waals surface area contributed by atoms with Crippen LogP contribution in [0.1, 0.15) is 29.2 Å².